The van der Waals surface area contributed by atoms with E-state index in [1.807, 2.05) is 7.05 Å². The van der Waals surface area contributed by atoms with E-state index in [0.29, 0.717) is 0 Å². The maximum absolute atomic E-state index is 3.16. The molecule has 1 aromatic rings. The SMILES string of the molecule is C/C=C/c1ccccc1CCNC. The van der Waals surface area contributed by atoms with Crippen molar-refractivity contribution in [3.63, 3.8) is 0 Å². The van der Waals surface area contributed by atoms with Crippen LogP contribution in [0, 0.1) is 0 Å². The van der Waals surface area contributed by atoms with E-state index in [9.17, 15) is 0 Å². The van der Waals surface area contributed by atoms with Gasteiger partial charge in [0.05, 0.1) is 0 Å². The maximum Gasteiger partial charge on any atom is -0.00111 e. The molecule has 0 saturated carbocycles. The van der Waals surface area contributed by atoms with Gasteiger partial charge in [-0.3, -0.25) is 0 Å². The van der Waals surface area contributed by atoms with Gasteiger partial charge < -0.3 is 5.32 Å². The fourth-order valence-electron chi connectivity index (χ4n) is 1.36. The van der Waals surface area contributed by atoms with Gasteiger partial charge >= 0.3 is 0 Å². The molecule has 0 aliphatic heterocycles. The number of hydrogen-bond donors (Lipinski definition) is 1. The van der Waals surface area contributed by atoms with Gasteiger partial charge in [0.15, 0.2) is 0 Å². The van der Waals surface area contributed by atoms with Gasteiger partial charge in [-0.25, -0.2) is 0 Å². The second-order valence-corrected chi connectivity index (χ2v) is 3.05. The molecule has 1 nitrogen and oxygen atoms in total. The summed E-state index contributed by atoms with van der Waals surface area (Å²) in [6.45, 7) is 3.09. The van der Waals surface area contributed by atoms with E-state index >= 15 is 0 Å². The normalized spacial score (nSPS) is 10.9. The summed E-state index contributed by atoms with van der Waals surface area (Å²) in [6, 6.07) is 8.52. The second kappa shape index (κ2) is 5.55. The maximum atomic E-state index is 3.16. The van der Waals surface area contributed by atoms with Crippen molar-refractivity contribution in [2.75, 3.05) is 13.6 Å². The van der Waals surface area contributed by atoms with Crippen molar-refractivity contribution >= 4 is 6.08 Å². The van der Waals surface area contributed by atoms with Gasteiger partial charge in [-0.2, -0.15) is 0 Å². The number of benzene rings is 1. The Morgan fingerprint density at radius 2 is 2.08 bits per heavy atom. The summed E-state index contributed by atoms with van der Waals surface area (Å²) in [5, 5.41) is 3.16. The molecule has 1 aromatic carbocycles. The predicted octanol–water partition coefficient (Wildman–Crippen LogP) is 2.48. The Hall–Kier alpha value is -1.08. The summed E-state index contributed by atoms with van der Waals surface area (Å²) in [4.78, 5) is 0. The van der Waals surface area contributed by atoms with E-state index < -0.39 is 0 Å². The van der Waals surface area contributed by atoms with Crippen LogP contribution in [0.3, 0.4) is 0 Å². The van der Waals surface area contributed by atoms with Gasteiger partial charge in [-0.05, 0) is 38.1 Å². The van der Waals surface area contributed by atoms with Gasteiger partial charge in [0, 0.05) is 0 Å². The quantitative estimate of drug-likeness (QED) is 0.741. The molecule has 0 heterocycles. The number of hydrogen-bond acceptors (Lipinski definition) is 1. The minimum absolute atomic E-state index is 1.04. The molecule has 0 atom stereocenters. The molecule has 0 aliphatic rings. The van der Waals surface area contributed by atoms with Crippen LogP contribution < -0.4 is 5.32 Å². The van der Waals surface area contributed by atoms with E-state index in [0.717, 1.165) is 13.0 Å². The molecule has 0 bridgehead atoms. The van der Waals surface area contributed by atoms with E-state index in [1.54, 1.807) is 0 Å². The van der Waals surface area contributed by atoms with Crippen LogP contribution in [0.25, 0.3) is 6.08 Å². The first kappa shape index (κ1) is 10.0. The third kappa shape index (κ3) is 3.03. The largest absolute Gasteiger partial charge is 0.319 e. The Kier molecular flexibility index (Phi) is 4.27. The average Bonchev–Trinajstić information content (AvgIpc) is 2.17. The van der Waals surface area contributed by atoms with Crippen LogP contribution in [0.4, 0.5) is 0 Å². The number of rotatable bonds is 4. The summed E-state index contributed by atoms with van der Waals surface area (Å²) < 4.78 is 0. The number of nitrogens with one attached hydrogen (secondary N) is 1. The van der Waals surface area contributed by atoms with Crippen molar-refractivity contribution in [1.29, 1.82) is 0 Å². The molecule has 0 fully saturated rings. The molecule has 1 N–H and O–H groups in total. The topological polar surface area (TPSA) is 12.0 Å². The van der Waals surface area contributed by atoms with Gasteiger partial charge in [0.2, 0.25) is 0 Å². The van der Waals surface area contributed by atoms with E-state index in [2.05, 4.69) is 48.7 Å². The molecule has 1 rings (SSSR count). The first-order valence-corrected chi connectivity index (χ1v) is 4.73. The monoisotopic (exact) mass is 175 g/mol. The zero-order chi connectivity index (χ0) is 9.52. The van der Waals surface area contributed by atoms with Crippen LogP contribution in [0.15, 0.2) is 30.3 Å². The van der Waals surface area contributed by atoms with Crippen LogP contribution in [-0.4, -0.2) is 13.6 Å². The Balaban J connectivity index is 2.78. The lowest BCUT2D eigenvalue weighted by Crippen LogP contribution is -2.10. The average molecular weight is 175 g/mol. The zero-order valence-electron chi connectivity index (χ0n) is 8.38. The summed E-state index contributed by atoms with van der Waals surface area (Å²) in [5.41, 5.74) is 2.75. The highest BCUT2D eigenvalue weighted by atomic mass is 14.8. The van der Waals surface area contributed by atoms with Crippen molar-refractivity contribution < 1.29 is 0 Å². The molecular formula is C12H17N. The van der Waals surface area contributed by atoms with Gasteiger partial charge in [0.1, 0.15) is 0 Å². The molecule has 0 aliphatic carbocycles. The summed E-state index contributed by atoms with van der Waals surface area (Å²) in [5.74, 6) is 0. The third-order valence-corrected chi connectivity index (χ3v) is 2.05. The van der Waals surface area contributed by atoms with Crippen LogP contribution in [-0.2, 0) is 6.42 Å². The molecule has 13 heavy (non-hydrogen) atoms. The smallest absolute Gasteiger partial charge is 0.00111 e. The highest BCUT2D eigenvalue weighted by Crippen LogP contribution is 2.10. The molecule has 0 amide bonds. The molecule has 0 radical (unpaired) electrons. The fraction of sp³-hybridized carbons (Fsp3) is 0.333. The van der Waals surface area contributed by atoms with Gasteiger partial charge in [-0.15, -0.1) is 0 Å². The summed E-state index contributed by atoms with van der Waals surface area (Å²) in [7, 11) is 1.98. The van der Waals surface area contributed by atoms with Crippen LogP contribution in [0.1, 0.15) is 18.1 Å². The molecule has 1 heteroatoms. The van der Waals surface area contributed by atoms with Gasteiger partial charge in [0.25, 0.3) is 0 Å². The standard InChI is InChI=1S/C12H17N/c1-3-6-11-7-4-5-8-12(11)9-10-13-2/h3-8,13H,9-10H2,1-2H3/b6-3+. The summed E-state index contributed by atoms with van der Waals surface area (Å²) in [6.07, 6.45) is 5.33. The molecule has 0 spiro atoms. The number of allylic oxidation sites excluding steroid dienone is 1. The molecule has 70 valence electrons. The lowest BCUT2D eigenvalue weighted by Gasteiger charge is -2.04. The van der Waals surface area contributed by atoms with Crippen LogP contribution in [0.5, 0.6) is 0 Å². The lowest BCUT2D eigenvalue weighted by molar-refractivity contribution is 0.791. The highest BCUT2D eigenvalue weighted by Gasteiger charge is 1.96. The van der Waals surface area contributed by atoms with Crippen molar-refractivity contribution in [1.82, 2.24) is 5.32 Å². The van der Waals surface area contributed by atoms with Crippen LogP contribution in [0.2, 0.25) is 0 Å². The highest BCUT2D eigenvalue weighted by molar-refractivity contribution is 5.53. The zero-order valence-corrected chi connectivity index (χ0v) is 8.38. The Morgan fingerprint density at radius 3 is 2.77 bits per heavy atom. The van der Waals surface area contributed by atoms with E-state index in [1.165, 1.54) is 11.1 Å². The van der Waals surface area contributed by atoms with Crippen molar-refractivity contribution in [3.8, 4) is 0 Å². The molecular weight excluding hydrogens is 158 g/mol. The second-order valence-electron chi connectivity index (χ2n) is 3.05. The first-order valence-electron chi connectivity index (χ1n) is 4.73. The van der Waals surface area contributed by atoms with Crippen molar-refractivity contribution in [3.05, 3.63) is 41.5 Å². The molecule has 0 aromatic heterocycles. The molecule has 0 unspecified atom stereocenters. The molecule has 0 saturated heterocycles. The lowest BCUT2D eigenvalue weighted by atomic mass is 10.0. The van der Waals surface area contributed by atoms with Crippen LogP contribution >= 0.6 is 0 Å². The summed E-state index contributed by atoms with van der Waals surface area (Å²) >= 11 is 0. The Morgan fingerprint density at radius 1 is 1.31 bits per heavy atom. The van der Waals surface area contributed by atoms with Crippen molar-refractivity contribution in [2.24, 2.45) is 0 Å². The van der Waals surface area contributed by atoms with Gasteiger partial charge in [-0.1, -0.05) is 36.4 Å². The minimum Gasteiger partial charge on any atom is -0.319 e. The number of likely N-dealkylation sites (N-methyl/N-ethyl adjacent to an activating group) is 1. The third-order valence-electron chi connectivity index (χ3n) is 2.05. The predicted molar refractivity (Wildman–Crippen MR) is 58.8 cm³/mol. The minimum atomic E-state index is 1.04. The van der Waals surface area contributed by atoms with E-state index in [4.69, 9.17) is 0 Å². The van der Waals surface area contributed by atoms with E-state index in [-0.39, 0.29) is 0 Å². The fourth-order valence-corrected chi connectivity index (χ4v) is 1.36. The van der Waals surface area contributed by atoms with Crippen molar-refractivity contribution in [2.45, 2.75) is 13.3 Å². The first-order chi connectivity index (χ1) is 6.38. The Bertz CT molecular complexity index is 276. The Labute approximate surface area is 80.5 Å².